The molecule has 1 saturated carbocycles. The number of hydrogen-bond acceptors (Lipinski definition) is 5. The maximum Gasteiger partial charge on any atom is 0.338 e. The van der Waals surface area contributed by atoms with Gasteiger partial charge < -0.3 is 20.1 Å². The monoisotopic (exact) mass is 476 g/mol. The molecule has 1 fully saturated rings. The Morgan fingerprint density at radius 1 is 0.914 bits per heavy atom. The predicted molar refractivity (Wildman–Crippen MR) is 131 cm³/mol. The lowest BCUT2D eigenvalue weighted by atomic mass is 9.90. The van der Waals surface area contributed by atoms with Gasteiger partial charge in [-0.05, 0) is 48.4 Å². The Hall–Kier alpha value is -3.61. The molecule has 0 aromatic heterocycles. The minimum atomic E-state index is -0.660. The van der Waals surface area contributed by atoms with Crippen LogP contribution in [0.2, 0.25) is 0 Å². The van der Waals surface area contributed by atoms with Crippen LogP contribution in [-0.2, 0) is 20.9 Å². The standard InChI is InChI=1S/C28H32N2O5/c1-2-23-24(27(32)35-18-20-11-7-4-8-12-20)25(30-28(33)29-23)21-13-15-22(16-14-21)26(31)34-17-19-9-5-3-6-10-19/h3,5-6,9-10,13-16,20,25H,2,4,7-8,11-12,17-18H2,1H3,(H2,29,30,33). The van der Waals surface area contributed by atoms with Gasteiger partial charge in [0, 0.05) is 5.70 Å². The number of nitrogens with one attached hydrogen (secondary N) is 2. The summed E-state index contributed by atoms with van der Waals surface area (Å²) < 4.78 is 11.1. The molecule has 2 aromatic rings. The van der Waals surface area contributed by atoms with Crippen molar-refractivity contribution in [1.29, 1.82) is 0 Å². The van der Waals surface area contributed by atoms with Crippen LogP contribution in [0.25, 0.3) is 0 Å². The van der Waals surface area contributed by atoms with Gasteiger partial charge in [-0.3, -0.25) is 0 Å². The molecule has 2 amide bonds. The van der Waals surface area contributed by atoms with Crippen molar-refractivity contribution >= 4 is 18.0 Å². The number of carbonyl (C=O) groups excluding carboxylic acids is 3. The van der Waals surface area contributed by atoms with E-state index < -0.39 is 18.0 Å². The molecule has 0 saturated heterocycles. The van der Waals surface area contributed by atoms with Crippen LogP contribution < -0.4 is 10.6 Å². The summed E-state index contributed by atoms with van der Waals surface area (Å²) in [7, 11) is 0. The Balaban J connectivity index is 1.47. The van der Waals surface area contributed by atoms with Crippen molar-refractivity contribution in [2.75, 3.05) is 6.61 Å². The van der Waals surface area contributed by atoms with Crippen LogP contribution in [0.5, 0.6) is 0 Å². The van der Waals surface area contributed by atoms with Crippen LogP contribution in [0.1, 0.15) is 73.0 Å². The van der Waals surface area contributed by atoms with Crippen molar-refractivity contribution in [3.05, 3.63) is 82.6 Å². The molecule has 1 unspecified atom stereocenters. The number of benzene rings is 2. The van der Waals surface area contributed by atoms with E-state index in [1.807, 2.05) is 37.3 Å². The fourth-order valence-corrected chi connectivity index (χ4v) is 4.63. The maximum atomic E-state index is 13.2. The van der Waals surface area contributed by atoms with Crippen molar-refractivity contribution in [2.24, 2.45) is 5.92 Å². The number of esters is 2. The summed E-state index contributed by atoms with van der Waals surface area (Å²) in [5.41, 5.74) is 2.95. The molecule has 1 heterocycles. The zero-order valence-corrected chi connectivity index (χ0v) is 20.0. The Morgan fingerprint density at radius 3 is 2.31 bits per heavy atom. The lowest BCUT2D eigenvalue weighted by Gasteiger charge is -2.30. The van der Waals surface area contributed by atoms with Crippen LogP contribution >= 0.6 is 0 Å². The van der Waals surface area contributed by atoms with Gasteiger partial charge in [0.2, 0.25) is 0 Å². The zero-order valence-electron chi connectivity index (χ0n) is 20.0. The van der Waals surface area contributed by atoms with Gasteiger partial charge in [-0.1, -0.05) is 68.7 Å². The number of carbonyl (C=O) groups is 3. The number of urea groups is 1. The van der Waals surface area contributed by atoms with Crippen molar-refractivity contribution in [2.45, 2.75) is 58.1 Å². The van der Waals surface area contributed by atoms with E-state index in [0.29, 0.717) is 41.3 Å². The summed E-state index contributed by atoms with van der Waals surface area (Å²) in [5.74, 6) is -0.466. The van der Waals surface area contributed by atoms with Gasteiger partial charge in [0.05, 0.1) is 23.8 Å². The van der Waals surface area contributed by atoms with E-state index in [4.69, 9.17) is 9.47 Å². The molecule has 4 rings (SSSR count). The van der Waals surface area contributed by atoms with Gasteiger partial charge in [-0.15, -0.1) is 0 Å². The second kappa shape index (κ2) is 11.7. The third kappa shape index (κ3) is 6.29. The maximum absolute atomic E-state index is 13.2. The molecule has 1 aliphatic carbocycles. The molecule has 0 radical (unpaired) electrons. The minimum Gasteiger partial charge on any atom is -0.462 e. The first-order valence-corrected chi connectivity index (χ1v) is 12.3. The zero-order chi connectivity index (χ0) is 24.6. The average Bonchev–Trinajstić information content (AvgIpc) is 2.91. The molecular weight excluding hydrogens is 444 g/mol. The number of amides is 2. The first-order chi connectivity index (χ1) is 17.0. The molecule has 35 heavy (non-hydrogen) atoms. The van der Waals surface area contributed by atoms with E-state index in [0.717, 1.165) is 18.4 Å². The van der Waals surface area contributed by atoms with Gasteiger partial charge in [0.1, 0.15) is 6.61 Å². The molecule has 2 aliphatic rings. The molecule has 1 atom stereocenters. The summed E-state index contributed by atoms with van der Waals surface area (Å²) in [4.78, 5) is 37.9. The molecule has 7 nitrogen and oxygen atoms in total. The van der Waals surface area contributed by atoms with E-state index >= 15 is 0 Å². The van der Waals surface area contributed by atoms with Gasteiger partial charge in [-0.2, -0.15) is 0 Å². The third-order valence-corrected chi connectivity index (χ3v) is 6.59. The van der Waals surface area contributed by atoms with Crippen molar-refractivity contribution < 1.29 is 23.9 Å². The smallest absolute Gasteiger partial charge is 0.338 e. The number of rotatable bonds is 8. The molecule has 1 aliphatic heterocycles. The second-order valence-electron chi connectivity index (χ2n) is 9.06. The highest BCUT2D eigenvalue weighted by Crippen LogP contribution is 2.30. The summed E-state index contributed by atoms with van der Waals surface area (Å²) in [6, 6.07) is 15.2. The van der Waals surface area contributed by atoms with E-state index in [1.54, 1.807) is 24.3 Å². The average molecular weight is 477 g/mol. The van der Waals surface area contributed by atoms with Crippen molar-refractivity contribution in [3.63, 3.8) is 0 Å². The van der Waals surface area contributed by atoms with Crippen LogP contribution in [0.3, 0.4) is 0 Å². The number of allylic oxidation sites excluding steroid dienone is 1. The van der Waals surface area contributed by atoms with Crippen LogP contribution in [0.4, 0.5) is 4.79 Å². The Bertz CT molecular complexity index is 1070. The Kier molecular flexibility index (Phi) is 8.19. The Labute approximate surface area is 205 Å². The third-order valence-electron chi connectivity index (χ3n) is 6.59. The van der Waals surface area contributed by atoms with Gasteiger partial charge in [0.15, 0.2) is 0 Å². The molecule has 2 N–H and O–H groups in total. The highest BCUT2D eigenvalue weighted by Gasteiger charge is 2.33. The fraction of sp³-hybridized carbons (Fsp3) is 0.393. The van der Waals surface area contributed by atoms with Gasteiger partial charge in [0.25, 0.3) is 0 Å². The quantitative estimate of drug-likeness (QED) is 0.512. The Morgan fingerprint density at radius 2 is 1.63 bits per heavy atom. The van der Waals surface area contributed by atoms with Gasteiger partial charge >= 0.3 is 18.0 Å². The first kappa shape index (κ1) is 24.5. The van der Waals surface area contributed by atoms with E-state index in [2.05, 4.69) is 10.6 Å². The molecule has 2 aromatic carbocycles. The normalized spacial score (nSPS) is 18.4. The summed E-state index contributed by atoms with van der Waals surface area (Å²) >= 11 is 0. The molecule has 0 bridgehead atoms. The topological polar surface area (TPSA) is 93.7 Å². The lowest BCUT2D eigenvalue weighted by Crippen LogP contribution is -2.46. The van der Waals surface area contributed by atoms with Crippen LogP contribution in [-0.4, -0.2) is 24.6 Å². The largest absolute Gasteiger partial charge is 0.462 e. The van der Waals surface area contributed by atoms with Crippen molar-refractivity contribution in [1.82, 2.24) is 10.6 Å². The lowest BCUT2D eigenvalue weighted by molar-refractivity contribution is -0.141. The first-order valence-electron chi connectivity index (χ1n) is 12.3. The highest BCUT2D eigenvalue weighted by atomic mass is 16.5. The van der Waals surface area contributed by atoms with E-state index in [9.17, 15) is 14.4 Å². The summed E-state index contributed by atoms with van der Waals surface area (Å²) in [6.45, 7) is 2.47. The SMILES string of the molecule is CCC1=C(C(=O)OCC2CCCCC2)C(c2ccc(C(=O)OCc3ccccc3)cc2)NC(=O)N1. The number of ether oxygens (including phenoxy) is 2. The molecule has 7 heteroatoms. The molecular formula is C28H32N2O5. The highest BCUT2D eigenvalue weighted by molar-refractivity contribution is 5.95. The van der Waals surface area contributed by atoms with Crippen LogP contribution in [0.15, 0.2) is 65.9 Å². The van der Waals surface area contributed by atoms with Crippen molar-refractivity contribution in [3.8, 4) is 0 Å². The molecule has 184 valence electrons. The van der Waals surface area contributed by atoms with Gasteiger partial charge in [-0.25, -0.2) is 14.4 Å². The summed E-state index contributed by atoms with van der Waals surface area (Å²) in [5, 5.41) is 5.59. The van der Waals surface area contributed by atoms with Crippen LogP contribution in [0, 0.1) is 5.92 Å². The predicted octanol–water partition coefficient (Wildman–Crippen LogP) is 5.19. The summed E-state index contributed by atoms with van der Waals surface area (Å²) in [6.07, 6.45) is 6.22. The van der Waals surface area contributed by atoms with E-state index in [-0.39, 0.29) is 12.6 Å². The molecule has 0 spiro atoms. The minimum absolute atomic E-state index is 0.186. The van der Waals surface area contributed by atoms with E-state index in [1.165, 1.54) is 19.3 Å². The number of hydrogen-bond donors (Lipinski definition) is 2. The second-order valence-corrected chi connectivity index (χ2v) is 9.06. The fourth-order valence-electron chi connectivity index (χ4n) is 4.63.